The summed E-state index contributed by atoms with van der Waals surface area (Å²) >= 11 is 2.06. The van der Waals surface area contributed by atoms with Crippen LogP contribution in [0.4, 0.5) is 0 Å². The summed E-state index contributed by atoms with van der Waals surface area (Å²) < 4.78 is 11.0. The molecule has 1 unspecified atom stereocenters. The molecule has 2 aliphatic rings. The Kier molecular flexibility index (Phi) is 10.3. The van der Waals surface area contributed by atoms with Crippen LogP contribution in [-0.2, 0) is 11.2 Å². The number of aryl methyl sites for hydroxylation is 1. The van der Waals surface area contributed by atoms with Gasteiger partial charge in [-0.1, -0.05) is 17.7 Å². The van der Waals surface area contributed by atoms with Crippen molar-refractivity contribution in [1.29, 1.82) is 0 Å². The molecule has 6 nitrogen and oxygen atoms in total. The van der Waals surface area contributed by atoms with E-state index in [4.69, 9.17) is 9.47 Å². The van der Waals surface area contributed by atoms with E-state index in [1.807, 2.05) is 13.1 Å². The number of guanidine groups is 1. The SMILES string of the molecule is CN=C(NCCc1cc(C)ccc1OC)NCC1(N2CCOCC2)CCSC1.I. The lowest BCUT2D eigenvalue weighted by Gasteiger charge is -2.43. The minimum absolute atomic E-state index is 0. The number of benzene rings is 1. The molecule has 1 aromatic carbocycles. The molecule has 0 spiro atoms. The van der Waals surface area contributed by atoms with E-state index in [0.29, 0.717) is 0 Å². The van der Waals surface area contributed by atoms with Crippen molar-refractivity contribution in [2.75, 3.05) is 65.1 Å². The summed E-state index contributed by atoms with van der Waals surface area (Å²) in [5, 5.41) is 7.05. The Morgan fingerprint density at radius 3 is 2.76 bits per heavy atom. The standard InChI is InChI=1S/C21H34N4O2S.HI/c1-17-4-5-19(26-3)18(14-17)6-8-23-20(22-2)24-15-21(7-13-28-16-21)25-9-11-27-12-10-25;/h4-5,14H,6-13,15-16H2,1-3H3,(H2,22,23,24);1H. The van der Waals surface area contributed by atoms with E-state index >= 15 is 0 Å². The Labute approximate surface area is 196 Å². The van der Waals surface area contributed by atoms with Crippen LogP contribution in [0.25, 0.3) is 0 Å². The highest BCUT2D eigenvalue weighted by Crippen LogP contribution is 2.33. The first kappa shape index (κ1) is 24.6. The number of ether oxygens (including phenoxy) is 2. The fourth-order valence-corrected chi connectivity index (χ4v) is 5.50. The number of nitrogens with one attached hydrogen (secondary N) is 2. The van der Waals surface area contributed by atoms with Gasteiger partial charge in [0.1, 0.15) is 5.75 Å². The Balaban J connectivity index is 0.00000300. The monoisotopic (exact) mass is 534 g/mol. The van der Waals surface area contributed by atoms with Gasteiger partial charge in [-0.05, 0) is 37.1 Å². The molecule has 0 amide bonds. The average Bonchev–Trinajstić information content (AvgIpc) is 3.21. The molecule has 0 radical (unpaired) electrons. The Bertz CT molecular complexity index is 662. The Morgan fingerprint density at radius 2 is 2.10 bits per heavy atom. The third-order valence-electron chi connectivity index (χ3n) is 5.70. The van der Waals surface area contributed by atoms with E-state index in [0.717, 1.165) is 57.5 Å². The topological polar surface area (TPSA) is 58.1 Å². The molecule has 3 rings (SSSR count). The number of morpholine rings is 1. The highest BCUT2D eigenvalue weighted by Gasteiger charge is 2.40. The van der Waals surface area contributed by atoms with Crippen LogP contribution in [0.5, 0.6) is 5.75 Å². The lowest BCUT2D eigenvalue weighted by molar-refractivity contribution is -0.0120. The second-order valence-electron chi connectivity index (χ2n) is 7.54. The van der Waals surface area contributed by atoms with Gasteiger partial charge in [0.05, 0.1) is 20.3 Å². The average molecular weight is 535 g/mol. The molecule has 2 heterocycles. The maximum atomic E-state index is 5.56. The third-order valence-corrected chi connectivity index (χ3v) is 6.93. The summed E-state index contributed by atoms with van der Waals surface area (Å²) in [5.74, 6) is 4.23. The Hall–Kier alpha value is -0.710. The fourth-order valence-electron chi connectivity index (χ4n) is 4.02. The molecule has 2 saturated heterocycles. The number of rotatable bonds is 7. The fraction of sp³-hybridized carbons (Fsp3) is 0.667. The molecule has 8 heteroatoms. The van der Waals surface area contributed by atoms with Gasteiger partial charge in [0, 0.05) is 44.5 Å². The van der Waals surface area contributed by atoms with Gasteiger partial charge in [0.25, 0.3) is 0 Å². The van der Waals surface area contributed by atoms with Crippen LogP contribution in [0.1, 0.15) is 17.5 Å². The van der Waals surface area contributed by atoms with Crippen molar-refractivity contribution in [2.24, 2.45) is 4.99 Å². The summed E-state index contributed by atoms with van der Waals surface area (Å²) in [6.45, 7) is 7.60. The van der Waals surface area contributed by atoms with E-state index < -0.39 is 0 Å². The smallest absolute Gasteiger partial charge is 0.191 e. The van der Waals surface area contributed by atoms with Crippen LogP contribution in [0.3, 0.4) is 0 Å². The highest BCUT2D eigenvalue weighted by atomic mass is 127. The highest BCUT2D eigenvalue weighted by molar-refractivity contribution is 14.0. The van der Waals surface area contributed by atoms with Gasteiger partial charge in [0.2, 0.25) is 0 Å². The lowest BCUT2D eigenvalue weighted by Crippen LogP contribution is -2.60. The van der Waals surface area contributed by atoms with Gasteiger partial charge < -0.3 is 20.1 Å². The number of halogens is 1. The summed E-state index contributed by atoms with van der Waals surface area (Å²) in [5.41, 5.74) is 2.69. The second kappa shape index (κ2) is 12.2. The van der Waals surface area contributed by atoms with Gasteiger partial charge in [-0.3, -0.25) is 9.89 Å². The van der Waals surface area contributed by atoms with Crippen molar-refractivity contribution in [3.8, 4) is 5.75 Å². The number of methoxy groups -OCH3 is 1. The maximum absolute atomic E-state index is 5.56. The molecule has 1 atom stereocenters. The van der Waals surface area contributed by atoms with Crippen LogP contribution >= 0.6 is 35.7 Å². The predicted molar refractivity (Wildman–Crippen MR) is 133 cm³/mol. The predicted octanol–water partition coefficient (Wildman–Crippen LogP) is 2.54. The van der Waals surface area contributed by atoms with E-state index in [2.05, 4.69) is 51.3 Å². The number of hydrogen-bond donors (Lipinski definition) is 2. The van der Waals surface area contributed by atoms with Crippen molar-refractivity contribution in [2.45, 2.75) is 25.3 Å². The molecule has 0 aliphatic carbocycles. The zero-order valence-corrected chi connectivity index (χ0v) is 21.0. The largest absolute Gasteiger partial charge is 0.496 e. The zero-order chi connectivity index (χ0) is 19.8. The number of aliphatic imine (C=N–C) groups is 1. The van der Waals surface area contributed by atoms with E-state index in [1.165, 1.54) is 29.1 Å². The summed E-state index contributed by atoms with van der Waals surface area (Å²) in [7, 11) is 3.57. The molecule has 29 heavy (non-hydrogen) atoms. The minimum atomic E-state index is 0. The van der Waals surface area contributed by atoms with Gasteiger partial charge in [-0.15, -0.1) is 24.0 Å². The summed E-state index contributed by atoms with van der Waals surface area (Å²) in [6.07, 6.45) is 2.12. The van der Waals surface area contributed by atoms with Crippen LogP contribution in [0.2, 0.25) is 0 Å². The van der Waals surface area contributed by atoms with Crippen molar-refractivity contribution in [3.05, 3.63) is 29.3 Å². The van der Waals surface area contributed by atoms with Gasteiger partial charge in [0.15, 0.2) is 5.96 Å². The molecule has 2 aliphatic heterocycles. The van der Waals surface area contributed by atoms with Crippen LogP contribution in [0.15, 0.2) is 23.2 Å². The zero-order valence-electron chi connectivity index (χ0n) is 17.8. The summed E-state index contributed by atoms with van der Waals surface area (Å²) in [4.78, 5) is 7.05. The third kappa shape index (κ3) is 6.63. The van der Waals surface area contributed by atoms with E-state index in [-0.39, 0.29) is 29.5 Å². The van der Waals surface area contributed by atoms with Gasteiger partial charge in [-0.25, -0.2) is 0 Å². The quantitative estimate of drug-likeness (QED) is 0.319. The molecular formula is C21H35IN4O2S. The second-order valence-corrected chi connectivity index (χ2v) is 8.65. The molecule has 164 valence electrons. The van der Waals surface area contributed by atoms with Crippen molar-refractivity contribution < 1.29 is 9.47 Å². The normalized spacial score (nSPS) is 22.8. The molecular weight excluding hydrogens is 499 g/mol. The summed E-state index contributed by atoms with van der Waals surface area (Å²) in [6, 6.07) is 6.32. The number of hydrogen-bond acceptors (Lipinski definition) is 5. The molecule has 1 aromatic rings. The molecule has 2 fully saturated rings. The van der Waals surface area contributed by atoms with Gasteiger partial charge in [-0.2, -0.15) is 11.8 Å². The first-order chi connectivity index (χ1) is 13.7. The van der Waals surface area contributed by atoms with Crippen LogP contribution in [0, 0.1) is 6.92 Å². The van der Waals surface area contributed by atoms with Crippen LogP contribution < -0.4 is 15.4 Å². The number of thioether (sulfide) groups is 1. The van der Waals surface area contributed by atoms with Crippen molar-refractivity contribution >= 4 is 41.7 Å². The molecule has 0 aromatic heterocycles. The Morgan fingerprint density at radius 1 is 1.31 bits per heavy atom. The first-order valence-corrected chi connectivity index (χ1v) is 11.3. The van der Waals surface area contributed by atoms with Crippen molar-refractivity contribution in [1.82, 2.24) is 15.5 Å². The van der Waals surface area contributed by atoms with Crippen LogP contribution in [-0.4, -0.2) is 81.5 Å². The number of nitrogens with zero attached hydrogens (tertiary/aromatic N) is 2. The molecule has 2 N–H and O–H groups in total. The van der Waals surface area contributed by atoms with Gasteiger partial charge >= 0.3 is 0 Å². The molecule has 0 saturated carbocycles. The van der Waals surface area contributed by atoms with Crippen molar-refractivity contribution in [3.63, 3.8) is 0 Å². The lowest BCUT2D eigenvalue weighted by atomic mass is 9.95. The molecule has 0 bridgehead atoms. The first-order valence-electron chi connectivity index (χ1n) is 10.2. The maximum Gasteiger partial charge on any atom is 0.191 e. The van der Waals surface area contributed by atoms with E-state index in [9.17, 15) is 0 Å². The van der Waals surface area contributed by atoms with E-state index in [1.54, 1.807) is 7.11 Å². The minimum Gasteiger partial charge on any atom is -0.496 e.